The molecule has 2 nitrogen and oxygen atoms in total. The van der Waals surface area contributed by atoms with E-state index >= 15 is 0 Å². The minimum absolute atomic E-state index is 0.630. The van der Waals surface area contributed by atoms with Gasteiger partial charge in [-0.15, -0.1) is 0 Å². The fraction of sp³-hybridized carbons (Fsp3) is 0.250. The van der Waals surface area contributed by atoms with E-state index in [1.165, 1.54) is 5.69 Å². The maximum atomic E-state index is 3.78. The third-order valence-electron chi connectivity index (χ3n) is 1.81. The first-order valence-electron chi connectivity index (χ1n) is 4.79. The summed E-state index contributed by atoms with van der Waals surface area (Å²) in [6.45, 7) is 4.34. The van der Waals surface area contributed by atoms with Crippen LogP contribution in [0.4, 0.5) is 0 Å². The summed E-state index contributed by atoms with van der Waals surface area (Å²) in [5.41, 5.74) is 1.31. The fourth-order valence-electron chi connectivity index (χ4n) is 1.02. The van der Waals surface area contributed by atoms with Crippen molar-refractivity contribution in [2.75, 3.05) is 0 Å². The van der Waals surface area contributed by atoms with Gasteiger partial charge >= 0.3 is 0 Å². The predicted octanol–water partition coefficient (Wildman–Crippen LogP) is 3.22. The van der Waals surface area contributed by atoms with Gasteiger partial charge in [-0.1, -0.05) is 19.9 Å². The average Bonchev–Trinajstić information content (AvgIpc) is 2.74. The van der Waals surface area contributed by atoms with E-state index in [0.29, 0.717) is 5.92 Å². The summed E-state index contributed by atoms with van der Waals surface area (Å²) in [5.74, 6) is 0.630. The molecule has 0 radical (unpaired) electrons. The number of pyridine rings is 1. The van der Waals surface area contributed by atoms with E-state index in [9.17, 15) is 0 Å². The number of hydrogen-bond donors (Lipinski definition) is 1. The number of nitrogens with zero attached hydrogens (tertiary/aromatic N) is 1. The molecule has 74 valence electrons. The summed E-state index contributed by atoms with van der Waals surface area (Å²) in [5, 5.41) is 0. The van der Waals surface area contributed by atoms with E-state index in [1.807, 2.05) is 30.5 Å². The number of rotatable bonds is 1. The van der Waals surface area contributed by atoms with Crippen LogP contribution < -0.4 is 0 Å². The molecule has 0 aliphatic carbocycles. The predicted molar refractivity (Wildman–Crippen MR) is 59.1 cm³/mol. The summed E-state index contributed by atoms with van der Waals surface area (Å²) in [7, 11) is 0. The summed E-state index contributed by atoms with van der Waals surface area (Å²) in [6.07, 6.45) is 5.45. The van der Waals surface area contributed by atoms with Crippen molar-refractivity contribution in [3.63, 3.8) is 0 Å². The van der Waals surface area contributed by atoms with Gasteiger partial charge in [0.05, 0.1) is 0 Å². The molecule has 2 aromatic rings. The highest BCUT2D eigenvalue weighted by Crippen LogP contribution is 2.09. The molecule has 2 aromatic heterocycles. The largest absolute Gasteiger partial charge is 0.365 e. The zero-order chi connectivity index (χ0) is 10.2. The van der Waals surface area contributed by atoms with Gasteiger partial charge in [-0.05, 0) is 30.2 Å². The summed E-state index contributed by atoms with van der Waals surface area (Å²) < 4.78 is 0. The van der Waals surface area contributed by atoms with Crippen LogP contribution in [0.5, 0.6) is 0 Å². The van der Waals surface area contributed by atoms with Crippen LogP contribution >= 0.6 is 0 Å². The van der Waals surface area contributed by atoms with Crippen LogP contribution in [0.25, 0.3) is 0 Å². The quantitative estimate of drug-likeness (QED) is 0.731. The smallest absolute Gasteiger partial charge is 0.0267 e. The zero-order valence-electron chi connectivity index (χ0n) is 8.64. The molecule has 14 heavy (non-hydrogen) atoms. The number of H-pyrrole nitrogens is 1. The Balaban J connectivity index is 0.000000146. The number of aromatic nitrogens is 2. The standard InChI is InChI=1S/C7H11N.C5H5N/c1-6(2)7-4-3-5-8-7;1-2-4-6-5-3-1/h3-6,8H,1-2H3;1-5H. The molecular weight excluding hydrogens is 172 g/mol. The molecule has 2 rings (SSSR count). The van der Waals surface area contributed by atoms with E-state index in [-0.39, 0.29) is 0 Å². The first kappa shape index (κ1) is 10.5. The summed E-state index contributed by atoms with van der Waals surface area (Å²) in [6, 6.07) is 9.84. The average molecular weight is 188 g/mol. The minimum Gasteiger partial charge on any atom is -0.365 e. The number of hydrogen-bond acceptors (Lipinski definition) is 1. The molecule has 0 aliphatic rings. The number of aromatic amines is 1. The van der Waals surface area contributed by atoms with Crippen molar-refractivity contribution in [1.82, 2.24) is 9.97 Å². The van der Waals surface area contributed by atoms with Crippen molar-refractivity contribution in [2.45, 2.75) is 19.8 Å². The molecule has 0 amide bonds. The van der Waals surface area contributed by atoms with Crippen molar-refractivity contribution >= 4 is 0 Å². The van der Waals surface area contributed by atoms with Gasteiger partial charge in [0.1, 0.15) is 0 Å². The Morgan fingerprint density at radius 2 is 1.79 bits per heavy atom. The van der Waals surface area contributed by atoms with E-state index < -0.39 is 0 Å². The molecule has 0 spiro atoms. The lowest BCUT2D eigenvalue weighted by Crippen LogP contribution is -1.83. The molecule has 0 saturated heterocycles. The third-order valence-corrected chi connectivity index (χ3v) is 1.81. The van der Waals surface area contributed by atoms with Crippen molar-refractivity contribution in [2.24, 2.45) is 0 Å². The van der Waals surface area contributed by atoms with Gasteiger partial charge in [0.2, 0.25) is 0 Å². The number of nitrogens with one attached hydrogen (secondary N) is 1. The molecule has 0 aromatic carbocycles. The second-order valence-electron chi connectivity index (χ2n) is 3.30. The topological polar surface area (TPSA) is 28.7 Å². The normalized spacial score (nSPS) is 9.36. The van der Waals surface area contributed by atoms with Crippen molar-refractivity contribution in [1.29, 1.82) is 0 Å². The molecule has 0 saturated carbocycles. The van der Waals surface area contributed by atoms with Crippen LogP contribution in [0.2, 0.25) is 0 Å². The lowest BCUT2D eigenvalue weighted by atomic mass is 10.1. The van der Waals surface area contributed by atoms with Crippen LogP contribution in [-0.2, 0) is 0 Å². The molecule has 0 unspecified atom stereocenters. The van der Waals surface area contributed by atoms with Crippen molar-refractivity contribution in [3.8, 4) is 0 Å². The first-order valence-corrected chi connectivity index (χ1v) is 4.79. The Kier molecular flexibility index (Phi) is 4.48. The monoisotopic (exact) mass is 188 g/mol. The minimum atomic E-state index is 0.630. The second-order valence-corrected chi connectivity index (χ2v) is 3.30. The molecule has 0 atom stereocenters. The van der Waals surface area contributed by atoms with Gasteiger partial charge < -0.3 is 4.98 Å². The van der Waals surface area contributed by atoms with Crippen LogP contribution in [0, 0.1) is 0 Å². The highest BCUT2D eigenvalue weighted by molar-refractivity contribution is 5.07. The molecule has 2 heterocycles. The van der Waals surface area contributed by atoms with Gasteiger partial charge in [-0.25, -0.2) is 0 Å². The second kappa shape index (κ2) is 5.97. The van der Waals surface area contributed by atoms with Crippen LogP contribution in [0.15, 0.2) is 48.9 Å². The molecule has 1 N–H and O–H groups in total. The first-order chi connectivity index (χ1) is 6.80. The van der Waals surface area contributed by atoms with Gasteiger partial charge in [0.15, 0.2) is 0 Å². The molecular formula is C12H16N2. The lowest BCUT2D eigenvalue weighted by Gasteiger charge is -1.97. The molecule has 0 aliphatic heterocycles. The van der Waals surface area contributed by atoms with E-state index in [1.54, 1.807) is 12.4 Å². The Morgan fingerprint density at radius 1 is 1.07 bits per heavy atom. The Hall–Kier alpha value is -1.57. The van der Waals surface area contributed by atoms with E-state index in [2.05, 4.69) is 29.9 Å². The molecule has 2 heteroatoms. The van der Waals surface area contributed by atoms with Gasteiger partial charge in [0.25, 0.3) is 0 Å². The van der Waals surface area contributed by atoms with Crippen molar-refractivity contribution in [3.05, 3.63) is 54.6 Å². The Labute approximate surface area is 85.0 Å². The van der Waals surface area contributed by atoms with Crippen LogP contribution in [0.1, 0.15) is 25.5 Å². The van der Waals surface area contributed by atoms with Gasteiger partial charge in [-0.2, -0.15) is 0 Å². The highest BCUT2D eigenvalue weighted by atomic mass is 14.7. The summed E-state index contributed by atoms with van der Waals surface area (Å²) in [4.78, 5) is 6.92. The SMILES string of the molecule is CC(C)c1ccc[nH]1.c1ccncc1. The van der Waals surface area contributed by atoms with E-state index in [0.717, 1.165) is 0 Å². The maximum Gasteiger partial charge on any atom is 0.0267 e. The van der Waals surface area contributed by atoms with Gasteiger partial charge in [0, 0.05) is 24.3 Å². The van der Waals surface area contributed by atoms with E-state index in [4.69, 9.17) is 0 Å². The van der Waals surface area contributed by atoms with Crippen LogP contribution in [-0.4, -0.2) is 9.97 Å². The highest BCUT2D eigenvalue weighted by Gasteiger charge is 1.94. The fourth-order valence-corrected chi connectivity index (χ4v) is 1.02. The van der Waals surface area contributed by atoms with Crippen molar-refractivity contribution < 1.29 is 0 Å². The Bertz CT molecular complexity index is 285. The molecule has 0 fully saturated rings. The Morgan fingerprint density at radius 3 is 2.00 bits per heavy atom. The van der Waals surface area contributed by atoms with Gasteiger partial charge in [-0.3, -0.25) is 4.98 Å². The zero-order valence-corrected chi connectivity index (χ0v) is 8.64. The maximum absolute atomic E-state index is 3.78. The van der Waals surface area contributed by atoms with Crippen LogP contribution in [0.3, 0.4) is 0 Å². The lowest BCUT2D eigenvalue weighted by molar-refractivity contribution is 0.833. The molecule has 0 bridgehead atoms. The summed E-state index contributed by atoms with van der Waals surface area (Å²) >= 11 is 0. The third kappa shape index (κ3) is 3.90.